The van der Waals surface area contributed by atoms with Crippen LogP contribution in [-0.4, -0.2) is 86.2 Å². The van der Waals surface area contributed by atoms with Gasteiger partial charge in [-0.15, -0.1) is 5.10 Å². The lowest BCUT2D eigenvalue weighted by molar-refractivity contribution is -0.130. The predicted octanol–water partition coefficient (Wildman–Crippen LogP) is 6.76. The topological polar surface area (TPSA) is 194 Å². The van der Waals surface area contributed by atoms with Gasteiger partial charge in [-0.2, -0.15) is 0 Å². The van der Waals surface area contributed by atoms with Crippen LogP contribution in [0, 0.1) is 18.8 Å². The first kappa shape index (κ1) is 42.7. The van der Waals surface area contributed by atoms with Crippen LogP contribution in [0.25, 0.3) is 22.5 Å². The molecule has 6 N–H and O–H groups in total. The quantitative estimate of drug-likeness (QED) is 0.0662. The molecule has 5 aromatic rings. The van der Waals surface area contributed by atoms with Crippen molar-refractivity contribution < 1.29 is 24.3 Å². The maximum atomic E-state index is 13.8. The van der Waals surface area contributed by atoms with Gasteiger partial charge in [-0.1, -0.05) is 60.7 Å². The summed E-state index contributed by atoms with van der Waals surface area (Å²) in [6.45, 7) is 3.30. The number of aryl methyl sites for hydroxylation is 1. The molecule has 2 saturated carbocycles. The summed E-state index contributed by atoms with van der Waals surface area (Å²) in [6.07, 6.45) is 5.91. The Morgan fingerprint density at radius 1 is 0.820 bits per heavy atom. The zero-order valence-electron chi connectivity index (χ0n) is 34.8. The Balaban J connectivity index is 0.961. The van der Waals surface area contributed by atoms with Gasteiger partial charge in [0.25, 0.3) is 5.91 Å². The van der Waals surface area contributed by atoms with Crippen LogP contribution >= 0.6 is 0 Å². The fourth-order valence-electron chi connectivity index (χ4n) is 8.70. The molecule has 0 aliphatic heterocycles. The Labute approximate surface area is 356 Å². The van der Waals surface area contributed by atoms with E-state index in [1.54, 1.807) is 24.3 Å². The zero-order valence-corrected chi connectivity index (χ0v) is 34.8. The van der Waals surface area contributed by atoms with Crippen molar-refractivity contribution in [3.63, 3.8) is 0 Å². The molecule has 318 valence electrons. The van der Waals surface area contributed by atoms with E-state index in [9.17, 15) is 19.2 Å². The van der Waals surface area contributed by atoms with Crippen molar-refractivity contribution in [2.24, 2.45) is 11.8 Å². The number of H-pyrrole nitrogens is 1. The van der Waals surface area contributed by atoms with Gasteiger partial charge in [0.05, 0.1) is 0 Å². The average molecular weight is 826 g/mol. The summed E-state index contributed by atoms with van der Waals surface area (Å²) in [7, 11) is 2.19. The predicted molar refractivity (Wildman–Crippen MR) is 233 cm³/mol. The highest BCUT2D eigenvalue weighted by Crippen LogP contribution is 2.30. The number of aromatic amines is 1. The van der Waals surface area contributed by atoms with Crippen molar-refractivity contribution in [1.29, 1.82) is 0 Å². The molecule has 0 bridgehead atoms. The minimum absolute atomic E-state index is 0.0521. The number of rotatable bonds is 15. The lowest BCUT2D eigenvalue weighted by Gasteiger charge is -2.35. The van der Waals surface area contributed by atoms with E-state index in [-0.39, 0.29) is 42.0 Å². The van der Waals surface area contributed by atoms with E-state index in [4.69, 9.17) is 5.11 Å². The van der Waals surface area contributed by atoms with Gasteiger partial charge in [0.1, 0.15) is 6.04 Å². The third-order valence-electron chi connectivity index (χ3n) is 12.3. The van der Waals surface area contributed by atoms with Gasteiger partial charge in [-0.05, 0) is 146 Å². The second-order valence-corrected chi connectivity index (χ2v) is 16.6. The molecule has 1 heterocycles. The lowest BCUT2D eigenvalue weighted by atomic mass is 9.81. The van der Waals surface area contributed by atoms with Gasteiger partial charge in [0.15, 0.2) is 5.82 Å². The highest BCUT2D eigenvalue weighted by Gasteiger charge is 2.30. The van der Waals surface area contributed by atoms with Crippen LogP contribution < -0.4 is 21.3 Å². The molecule has 2 aliphatic carbocycles. The number of nitrogens with one attached hydrogen (secondary N) is 5. The van der Waals surface area contributed by atoms with Gasteiger partial charge in [0, 0.05) is 54.3 Å². The number of carboxylic acid groups (broad SMARTS) is 1. The monoisotopic (exact) mass is 825 g/mol. The Morgan fingerprint density at radius 3 is 2.18 bits per heavy atom. The number of hydrogen-bond acceptors (Lipinski definition) is 8. The Morgan fingerprint density at radius 2 is 1.52 bits per heavy atom. The van der Waals surface area contributed by atoms with Gasteiger partial charge in [-0.25, -0.2) is 9.89 Å². The van der Waals surface area contributed by atoms with E-state index in [1.165, 1.54) is 5.56 Å². The number of tetrazole rings is 1. The number of aromatic nitrogens is 4. The van der Waals surface area contributed by atoms with Gasteiger partial charge >= 0.3 is 6.09 Å². The smallest absolute Gasteiger partial charge is 0.404 e. The fourth-order valence-corrected chi connectivity index (χ4v) is 8.70. The van der Waals surface area contributed by atoms with Crippen molar-refractivity contribution in [3.05, 3.63) is 119 Å². The van der Waals surface area contributed by atoms with Crippen molar-refractivity contribution in [3.8, 4) is 22.5 Å². The summed E-state index contributed by atoms with van der Waals surface area (Å²) in [5.74, 6) is -0.174. The summed E-state index contributed by atoms with van der Waals surface area (Å²) >= 11 is 0. The molecule has 0 spiro atoms. The molecule has 14 nitrogen and oxygen atoms in total. The van der Waals surface area contributed by atoms with Crippen molar-refractivity contribution in [1.82, 2.24) is 41.5 Å². The SMILES string of the molecule is Cc1cc(C(=O)NC2CCC(N(C)Cc3ccccc3)CC2)ccc1-c1ccc(C[C@H](NC(=O)[C@H]2CC[C@H](CNC(=O)O)CC2)C(=O)Nc2ccc(-c3nnn[nH]3)cc2)cc1. The highest BCUT2D eigenvalue weighted by atomic mass is 16.4. The number of carbonyl (C=O) groups is 4. The third-order valence-corrected chi connectivity index (χ3v) is 12.3. The number of benzene rings is 4. The first-order chi connectivity index (χ1) is 29.6. The molecule has 1 aromatic heterocycles. The van der Waals surface area contributed by atoms with Crippen molar-refractivity contribution >= 4 is 29.5 Å². The average Bonchev–Trinajstić information content (AvgIpc) is 3.82. The van der Waals surface area contributed by atoms with Crippen LogP contribution in [-0.2, 0) is 22.6 Å². The Hall–Kier alpha value is -6.41. The largest absolute Gasteiger partial charge is 0.465 e. The van der Waals surface area contributed by atoms with E-state index >= 15 is 0 Å². The first-order valence-corrected chi connectivity index (χ1v) is 21.2. The summed E-state index contributed by atoms with van der Waals surface area (Å²) in [5.41, 5.74) is 7.11. The minimum atomic E-state index is -1.05. The van der Waals surface area contributed by atoms with Crippen LogP contribution in [0.3, 0.4) is 0 Å². The van der Waals surface area contributed by atoms with Crippen LogP contribution in [0.1, 0.15) is 78.4 Å². The molecule has 4 aromatic carbocycles. The number of nitrogens with zero attached hydrogens (tertiary/aromatic N) is 4. The van der Waals surface area contributed by atoms with E-state index in [0.29, 0.717) is 42.5 Å². The normalized spacial score (nSPS) is 19.4. The third kappa shape index (κ3) is 11.7. The molecule has 1 atom stereocenters. The van der Waals surface area contributed by atoms with Gasteiger partial charge in [0.2, 0.25) is 11.8 Å². The second-order valence-electron chi connectivity index (χ2n) is 16.6. The van der Waals surface area contributed by atoms with Gasteiger partial charge < -0.3 is 26.4 Å². The van der Waals surface area contributed by atoms with E-state index in [0.717, 1.165) is 72.9 Å². The maximum Gasteiger partial charge on any atom is 0.404 e. The first-order valence-electron chi connectivity index (χ1n) is 21.2. The molecule has 14 heteroatoms. The standard InChI is InChI=1S/C47H55N9O5/c1-30-26-37(45(58)49-39-21-23-40(24-22-39)56(2)29-33-6-4-3-5-7-33)18-25-41(30)34-12-8-31(9-13-34)27-42(51-44(57)36-14-10-32(11-15-36)28-48-47(60)61)46(59)50-38-19-16-35(17-20-38)43-52-54-55-53-43/h3-9,12-13,16-20,25-26,32,36,39-40,42,48H,10-11,14-15,21-24,27-29H2,1-2H3,(H,49,58)(H,50,59)(H,51,57)(H,60,61)(H,52,53,54,55)/t32-,36-,39?,40?,42-/m0/s1. The van der Waals surface area contributed by atoms with Crippen LogP contribution in [0.2, 0.25) is 0 Å². The molecule has 0 unspecified atom stereocenters. The molecule has 0 saturated heterocycles. The van der Waals surface area contributed by atoms with Crippen molar-refractivity contribution in [2.45, 2.75) is 89.4 Å². The van der Waals surface area contributed by atoms with Gasteiger partial charge in [-0.3, -0.25) is 19.3 Å². The number of carbonyl (C=O) groups excluding carboxylic acids is 3. The summed E-state index contributed by atoms with van der Waals surface area (Å²) in [6, 6.07) is 31.2. The van der Waals surface area contributed by atoms with Crippen LogP contribution in [0.4, 0.5) is 10.5 Å². The molecular weight excluding hydrogens is 771 g/mol. The number of amides is 4. The summed E-state index contributed by atoms with van der Waals surface area (Å²) in [5, 5.41) is 34.6. The molecule has 2 fully saturated rings. The van der Waals surface area contributed by atoms with Crippen molar-refractivity contribution in [2.75, 3.05) is 18.9 Å². The molecule has 7 rings (SSSR count). The van der Waals surface area contributed by atoms with Crippen LogP contribution in [0.5, 0.6) is 0 Å². The Kier molecular flexibility index (Phi) is 14.2. The van der Waals surface area contributed by atoms with E-state index in [1.807, 2.05) is 55.5 Å². The second kappa shape index (κ2) is 20.2. The molecular formula is C47H55N9O5. The minimum Gasteiger partial charge on any atom is -0.465 e. The fraction of sp³-hybridized carbons (Fsp3) is 0.383. The number of hydrogen-bond donors (Lipinski definition) is 6. The molecule has 61 heavy (non-hydrogen) atoms. The number of anilines is 1. The maximum absolute atomic E-state index is 13.8. The summed E-state index contributed by atoms with van der Waals surface area (Å²) < 4.78 is 0. The molecule has 4 amide bonds. The zero-order chi connectivity index (χ0) is 42.7. The molecule has 2 aliphatic rings. The van der Waals surface area contributed by atoms with E-state index < -0.39 is 12.1 Å². The Bertz CT molecular complexity index is 2230. The van der Waals surface area contributed by atoms with E-state index in [2.05, 4.69) is 78.1 Å². The lowest BCUT2D eigenvalue weighted by Crippen LogP contribution is -2.48. The van der Waals surface area contributed by atoms with Crippen LogP contribution in [0.15, 0.2) is 97.1 Å². The molecule has 0 radical (unpaired) electrons. The summed E-state index contributed by atoms with van der Waals surface area (Å²) in [4.78, 5) is 54.2. The highest BCUT2D eigenvalue weighted by molar-refractivity contribution is 5.98.